The first-order valence-corrected chi connectivity index (χ1v) is 12.5. The quantitative estimate of drug-likeness (QED) is 0.361. The monoisotopic (exact) mass is 458 g/mol. The van der Waals surface area contributed by atoms with E-state index >= 15 is 0 Å². The minimum absolute atomic E-state index is 0.0123. The van der Waals surface area contributed by atoms with Crippen LogP contribution in [-0.2, 0) is 18.9 Å². The molecule has 0 aromatic heterocycles. The Morgan fingerprint density at radius 1 is 0.781 bits per heavy atom. The molecule has 7 heteroatoms. The topological polar surface area (TPSA) is 94.5 Å². The van der Waals surface area contributed by atoms with Crippen molar-refractivity contribution in [3.05, 3.63) is 0 Å². The maximum absolute atomic E-state index is 13.3. The van der Waals surface area contributed by atoms with Gasteiger partial charge in [-0.3, -0.25) is 0 Å². The van der Waals surface area contributed by atoms with Gasteiger partial charge in [-0.2, -0.15) is 0 Å². The minimum atomic E-state index is -1.13. The first-order chi connectivity index (χ1) is 15.1. The summed E-state index contributed by atoms with van der Waals surface area (Å²) in [4.78, 5) is 13.3. The van der Waals surface area contributed by atoms with Crippen molar-refractivity contribution in [3.63, 3.8) is 0 Å². The second kappa shape index (κ2) is 12.0. The van der Waals surface area contributed by atoms with Crippen LogP contribution in [0.2, 0.25) is 0 Å². The second-order valence-electron chi connectivity index (χ2n) is 10.7. The Labute approximate surface area is 194 Å². The molecule has 0 radical (unpaired) electrons. The molecule has 0 aromatic rings. The molecule has 2 N–H and O–H groups in total. The Morgan fingerprint density at radius 2 is 1.16 bits per heavy atom. The summed E-state index contributed by atoms with van der Waals surface area (Å²) in [6.07, 6.45) is 4.20. The van der Waals surface area contributed by atoms with Gasteiger partial charge in [-0.05, 0) is 49.4 Å². The highest BCUT2D eigenvalue weighted by atomic mass is 16.8. The number of carbonyl (C=O) groups is 1. The van der Waals surface area contributed by atoms with Gasteiger partial charge in [-0.1, -0.05) is 41.5 Å². The molecule has 6 unspecified atom stereocenters. The zero-order valence-corrected chi connectivity index (χ0v) is 21.0. The van der Waals surface area contributed by atoms with E-state index in [1.165, 1.54) is 0 Å². The van der Waals surface area contributed by atoms with Gasteiger partial charge in [0.15, 0.2) is 0 Å². The molecule has 0 heterocycles. The Bertz CT molecular complexity index is 533. The van der Waals surface area contributed by atoms with Crippen molar-refractivity contribution in [2.75, 3.05) is 26.4 Å². The maximum atomic E-state index is 13.3. The van der Waals surface area contributed by atoms with E-state index in [2.05, 4.69) is 41.5 Å². The second-order valence-corrected chi connectivity index (χ2v) is 10.7. The van der Waals surface area contributed by atoms with Crippen molar-refractivity contribution >= 4 is 6.16 Å². The third-order valence-electron chi connectivity index (χ3n) is 7.33. The summed E-state index contributed by atoms with van der Waals surface area (Å²) in [7, 11) is 0. The van der Waals surface area contributed by atoms with Gasteiger partial charge in [0.1, 0.15) is 0 Å². The zero-order valence-electron chi connectivity index (χ0n) is 21.0. The molecule has 2 aliphatic rings. The highest BCUT2D eigenvalue weighted by molar-refractivity contribution is 5.61. The van der Waals surface area contributed by atoms with E-state index < -0.39 is 17.7 Å². The van der Waals surface area contributed by atoms with Crippen LogP contribution < -0.4 is 0 Å². The van der Waals surface area contributed by atoms with Gasteiger partial charge in [0.25, 0.3) is 0 Å². The summed E-state index contributed by atoms with van der Waals surface area (Å²) in [6.45, 7) is 12.6. The molecule has 188 valence electrons. The van der Waals surface area contributed by atoms with Gasteiger partial charge < -0.3 is 29.2 Å². The Hall–Kier alpha value is -0.890. The van der Waals surface area contributed by atoms with Crippen LogP contribution in [0.15, 0.2) is 0 Å². The van der Waals surface area contributed by atoms with Crippen LogP contribution in [0.4, 0.5) is 4.79 Å². The van der Waals surface area contributed by atoms with Crippen molar-refractivity contribution in [2.24, 2.45) is 35.5 Å². The average Bonchev–Trinajstić information content (AvgIpc) is 2.70. The summed E-state index contributed by atoms with van der Waals surface area (Å²) in [6, 6.07) is 0. The molecule has 6 atom stereocenters. The highest BCUT2D eigenvalue weighted by Crippen LogP contribution is 2.47. The van der Waals surface area contributed by atoms with E-state index in [9.17, 15) is 15.0 Å². The summed E-state index contributed by atoms with van der Waals surface area (Å²) >= 11 is 0. The molecule has 0 aromatic carbocycles. The van der Waals surface area contributed by atoms with Crippen LogP contribution in [0.3, 0.4) is 0 Å². The lowest BCUT2D eigenvalue weighted by atomic mass is 9.72. The number of hydrogen-bond acceptors (Lipinski definition) is 7. The molecule has 0 aliphatic heterocycles. The van der Waals surface area contributed by atoms with E-state index in [1.807, 2.05) is 0 Å². The Morgan fingerprint density at radius 3 is 1.47 bits per heavy atom. The predicted octanol–water partition coefficient (Wildman–Crippen LogP) is 4.73. The number of hydrogen-bond donors (Lipinski definition) is 2. The SMILES string of the molecule is CC1CCC(C(C)C)C(OCCO)(OC(=O)OC2(OCCO)CC(C)CCC2C(C)C)C1. The smallest absolute Gasteiger partial charge is 0.401 e. The van der Waals surface area contributed by atoms with Crippen molar-refractivity contribution in [2.45, 2.75) is 91.6 Å². The van der Waals surface area contributed by atoms with Crippen LogP contribution in [0, 0.1) is 35.5 Å². The van der Waals surface area contributed by atoms with E-state index in [-0.39, 0.29) is 50.1 Å². The van der Waals surface area contributed by atoms with E-state index in [1.54, 1.807) is 0 Å². The standard InChI is InChI=1S/C25H46O7/c1-17(2)21-9-7-19(5)15-24(21,29-13-11-26)31-23(28)32-25(30-14-12-27)16-20(6)8-10-22(25)18(3)4/h17-22,26-27H,7-16H2,1-6H3. The third-order valence-corrected chi connectivity index (χ3v) is 7.33. The molecule has 0 saturated heterocycles. The van der Waals surface area contributed by atoms with Gasteiger partial charge in [0.2, 0.25) is 11.6 Å². The lowest BCUT2D eigenvalue weighted by Crippen LogP contribution is -2.55. The van der Waals surface area contributed by atoms with Gasteiger partial charge in [0, 0.05) is 24.7 Å². The predicted molar refractivity (Wildman–Crippen MR) is 122 cm³/mol. The summed E-state index contributed by atoms with van der Waals surface area (Å²) in [5.74, 6) is -1.09. The van der Waals surface area contributed by atoms with Crippen LogP contribution in [0.1, 0.15) is 80.1 Å². The van der Waals surface area contributed by atoms with Crippen molar-refractivity contribution in [3.8, 4) is 0 Å². The molecular formula is C25H46O7. The fourth-order valence-corrected chi connectivity index (χ4v) is 5.89. The normalized spacial score (nSPS) is 35.8. The molecular weight excluding hydrogens is 412 g/mol. The first kappa shape index (κ1) is 27.4. The van der Waals surface area contributed by atoms with Crippen LogP contribution >= 0.6 is 0 Å². The van der Waals surface area contributed by atoms with Crippen LogP contribution in [-0.4, -0.2) is 54.4 Å². The zero-order chi connectivity index (χ0) is 23.9. The van der Waals surface area contributed by atoms with E-state index in [0.717, 1.165) is 25.7 Å². The number of carbonyl (C=O) groups excluding carboxylic acids is 1. The number of aliphatic hydroxyl groups excluding tert-OH is 2. The fraction of sp³-hybridized carbons (Fsp3) is 0.960. The van der Waals surface area contributed by atoms with Crippen molar-refractivity contribution in [1.82, 2.24) is 0 Å². The molecule has 2 aliphatic carbocycles. The highest BCUT2D eigenvalue weighted by Gasteiger charge is 2.53. The maximum Gasteiger partial charge on any atom is 0.513 e. The van der Waals surface area contributed by atoms with E-state index in [0.29, 0.717) is 24.7 Å². The van der Waals surface area contributed by atoms with Gasteiger partial charge in [-0.25, -0.2) is 4.79 Å². The molecule has 0 bridgehead atoms. The Balaban J connectivity index is 2.31. The van der Waals surface area contributed by atoms with E-state index in [4.69, 9.17) is 18.9 Å². The summed E-state index contributed by atoms with van der Waals surface area (Å²) < 4.78 is 24.3. The number of aliphatic hydroxyl groups is 2. The first-order valence-electron chi connectivity index (χ1n) is 12.5. The Kier molecular flexibility index (Phi) is 10.3. The third kappa shape index (κ3) is 6.58. The fourth-order valence-electron chi connectivity index (χ4n) is 5.89. The van der Waals surface area contributed by atoms with Crippen molar-refractivity contribution in [1.29, 1.82) is 0 Å². The molecule has 2 fully saturated rings. The summed E-state index contributed by atoms with van der Waals surface area (Å²) in [5.41, 5.74) is 0. The molecule has 2 saturated carbocycles. The molecule has 32 heavy (non-hydrogen) atoms. The average molecular weight is 459 g/mol. The van der Waals surface area contributed by atoms with Gasteiger partial charge in [0.05, 0.1) is 26.4 Å². The number of rotatable bonds is 10. The molecule has 0 amide bonds. The number of ether oxygens (including phenoxy) is 4. The van der Waals surface area contributed by atoms with Gasteiger partial charge in [-0.15, -0.1) is 0 Å². The lowest BCUT2D eigenvalue weighted by molar-refractivity contribution is -0.309. The molecule has 2 rings (SSSR count). The molecule has 7 nitrogen and oxygen atoms in total. The summed E-state index contributed by atoms with van der Waals surface area (Å²) in [5, 5.41) is 18.8. The largest absolute Gasteiger partial charge is 0.513 e. The van der Waals surface area contributed by atoms with Crippen LogP contribution in [0.5, 0.6) is 0 Å². The lowest BCUT2D eigenvalue weighted by Gasteiger charge is -2.48. The van der Waals surface area contributed by atoms with Crippen LogP contribution in [0.25, 0.3) is 0 Å². The van der Waals surface area contributed by atoms with Crippen molar-refractivity contribution < 1.29 is 34.0 Å². The van der Waals surface area contributed by atoms with Gasteiger partial charge >= 0.3 is 6.16 Å². The minimum Gasteiger partial charge on any atom is -0.401 e. The molecule has 0 spiro atoms.